The number of aliphatic hydroxyl groups is 1. The quantitative estimate of drug-likeness (QED) is 0.655. The van der Waals surface area contributed by atoms with E-state index in [2.05, 4.69) is 15.6 Å². The molecule has 78 valence electrons. The summed E-state index contributed by atoms with van der Waals surface area (Å²) in [6.45, 7) is 2.41. The summed E-state index contributed by atoms with van der Waals surface area (Å²) in [6, 6.07) is -0.284. The number of nitrogens with zero attached hydrogens (tertiary/aromatic N) is 1. The van der Waals surface area contributed by atoms with E-state index < -0.39 is 0 Å². The van der Waals surface area contributed by atoms with E-state index in [-0.39, 0.29) is 12.6 Å². The zero-order valence-electron chi connectivity index (χ0n) is 7.91. The number of hydrogen-bond acceptors (Lipinski definition) is 4. The molecule has 14 heavy (non-hydrogen) atoms. The molecule has 2 amide bonds. The van der Waals surface area contributed by atoms with Crippen LogP contribution in [-0.2, 0) is 0 Å². The third kappa shape index (κ3) is 3.71. The number of rotatable bonds is 4. The van der Waals surface area contributed by atoms with Gasteiger partial charge in [0.2, 0.25) is 0 Å². The number of carbonyl (C=O) groups excluding carboxylic acids is 1. The SMILES string of the molecule is Cc1csc(NC(=O)NCCCO)n1. The molecule has 0 saturated heterocycles. The lowest BCUT2D eigenvalue weighted by atomic mass is 10.4. The van der Waals surface area contributed by atoms with E-state index in [1.165, 1.54) is 11.3 Å². The van der Waals surface area contributed by atoms with Crippen LogP contribution in [0.4, 0.5) is 9.93 Å². The van der Waals surface area contributed by atoms with Crippen molar-refractivity contribution in [1.82, 2.24) is 10.3 Å². The van der Waals surface area contributed by atoms with Gasteiger partial charge < -0.3 is 10.4 Å². The zero-order chi connectivity index (χ0) is 10.4. The van der Waals surface area contributed by atoms with Crippen molar-refractivity contribution in [1.29, 1.82) is 0 Å². The summed E-state index contributed by atoms with van der Waals surface area (Å²) in [4.78, 5) is 15.2. The topological polar surface area (TPSA) is 74.2 Å². The molecule has 6 heteroatoms. The number of anilines is 1. The van der Waals surface area contributed by atoms with Gasteiger partial charge >= 0.3 is 6.03 Å². The molecule has 0 aliphatic carbocycles. The first-order chi connectivity index (χ1) is 6.72. The van der Waals surface area contributed by atoms with E-state index in [1.807, 2.05) is 12.3 Å². The van der Waals surface area contributed by atoms with E-state index in [4.69, 9.17) is 5.11 Å². The van der Waals surface area contributed by atoms with Gasteiger partial charge in [0, 0.05) is 18.5 Å². The van der Waals surface area contributed by atoms with Gasteiger partial charge in [-0.1, -0.05) is 0 Å². The predicted octanol–water partition coefficient (Wildman–Crippen LogP) is 0.955. The molecule has 1 heterocycles. The monoisotopic (exact) mass is 215 g/mol. The lowest BCUT2D eigenvalue weighted by Crippen LogP contribution is -2.29. The molecule has 3 N–H and O–H groups in total. The molecular weight excluding hydrogens is 202 g/mol. The number of thiazole rings is 1. The Morgan fingerprint density at radius 3 is 3.07 bits per heavy atom. The van der Waals surface area contributed by atoms with Crippen LogP contribution in [0.15, 0.2) is 5.38 Å². The maximum absolute atomic E-state index is 11.2. The van der Waals surface area contributed by atoms with Crippen molar-refractivity contribution >= 4 is 22.5 Å². The summed E-state index contributed by atoms with van der Waals surface area (Å²) in [6.07, 6.45) is 0.560. The molecule has 0 aromatic carbocycles. The second-order valence-electron chi connectivity index (χ2n) is 2.75. The molecule has 0 spiro atoms. The standard InChI is InChI=1S/C8H13N3O2S/c1-6-5-14-8(10-6)11-7(13)9-3-2-4-12/h5,12H,2-4H2,1H3,(H2,9,10,11,13). The first-order valence-electron chi connectivity index (χ1n) is 4.30. The maximum Gasteiger partial charge on any atom is 0.321 e. The molecule has 0 fully saturated rings. The van der Waals surface area contributed by atoms with Crippen molar-refractivity contribution in [3.63, 3.8) is 0 Å². The Bertz CT molecular complexity index is 301. The van der Waals surface area contributed by atoms with Crippen molar-refractivity contribution in [3.8, 4) is 0 Å². The highest BCUT2D eigenvalue weighted by Gasteiger charge is 2.03. The van der Waals surface area contributed by atoms with Crippen LogP contribution in [0.5, 0.6) is 0 Å². The summed E-state index contributed by atoms with van der Waals surface area (Å²) in [5.41, 5.74) is 0.889. The van der Waals surface area contributed by atoms with Crippen molar-refractivity contribution < 1.29 is 9.90 Å². The van der Waals surface area contributed by atoms with Crippen molar-refractivity contribution in [2.45, 2.75) is 13.3 Å². The van der Waals surface area contributed by atoms with Crippen LogP contribution >= 0.6 is 11.3 Å². The molecule has 0 atom stereocenters. The minimum Gasteiger partial charge on any atom is -0.396 e. The molecule has 0 saturated carbocycles. The predicted molar refractivity (Wildman–Crippen MR) is 55.6 cm³/mol. The number of urea groups is 1. The van der Waals surface area contributed by atoms with Gasteiger partial charge in [-0.25, -0.2) is 9.78 Å². The Kier molecular flexibility index (Phi) is 4.34. The lowest BCUT2D eigenvalue weighted by molar-refractivity contribution is 0.249. The molecule has 0 unspecified atom stereocenters. The highest BCUT2D eigenvalue weighted by atomic mass is 32.1. The minimum atomic E-state index is -0.284. The second-order valence-corrected chi connectivity index (χ2v) is 3.61. The van der Waals surface area contributed by atoms with Crippen LogP contribution in [-0.4, -0.2) is 29.3 Å². The van der Waals surface area contributed by atoms with Gasteiger partial charge in [0.05, 0.1) is 5.69 Å². The van der Waals surface area contributed by atoms with Gasteiger partial charge in [-0.2, -0.15) is 0 Å². The van der Waals surface area contributed by atoms with Gasteiger partial charge in [-0.3, -0.25) is 5.32 Å². The van der Waals surface area contributed by atoms with Crippen molar-refractivity contribution in [2.75, 3.05) is 18.5 Å². The average Bonchev–Trinajstić information content (AvgIpc) is 2.52. The van der Waals surface area contributed by atoms with Crippen LogP contribution in [0.2, 0.25) is 0 Å². The van der Waals surface area contributed by atoms with Crippen LogP contribution in [0.25, 0.3) is 0 Å². The van der Waals surface area contributed by atoms with Gasteiger partial charge in [0.15, 0.2) is 5.13 Å². The molecular formula is C8H13N3O2S. The molecule has 0 aliphatic rings. The Hall–Kier alpha value is -1.14. The largest absolute Gasteiger partial charge is 0.396 e. The fourth-order valence-corrected chi connectivity index (χ4v) is 1.52. The summed E-state index contributed by atoms with van der Waals surface area (Å²) in [5, 5.41) is 16.1. The number of nitrogens with one attached hydrogen (secondary N) is 2. The van der Waals surface area contributed by atoms with Gasteiger partial charge in [0.1, 0.15) is 0 Å². The van der Waals surface area contributed by atoms with E-state index >= 15 is 0 Å². The molecule has 0 bridgehead atoms. The van der Waals surface area contributed by atoms with Crippen molar-refractivity contribution in [2.24, 2.45) is 0 Å². The Morgan fingerprint density at radius 2 is 2.50 bits per heavy atom. The number of aryl methyl sites for hydroxylation is 1. The maximum atomic E-state index is 11.2. The van der Waals surface area contributed by atoms with Crippen LogP contribution < -0.4 is 10.6 Å². The molecule has 5 nitrogen and oxygen atoms in total. The number of carbonyl (C=O) groups is 1. The molecule has 0 aliphatic heterocycles. The number of aliphatic hydroxyl groups excluding tert-OH is 1. The van der Waals surface area contributed by atoms with Crippen molar-refractivity contribution in [3.05, 3.63) is 11.1 Å². The zero-order valence-corrected chi connectivity index (χ0v) is 8.73. The third-order valence-corrected chi connectivity index (χ3v) is 2.34. The van der Waals surface area contributed by atoms with E-state index in [1.54, 1.807) is 0 Å². The summed E-state index contributed by atoms with van der Waals surface area (Å²) in [7, 11) is 0. The molecule has 1 aromatic rings. The fraction of sp³-hybridized carbons (Fsp3) is 0.500. The number of aromatic nitrogens is 1. The fourth-order valence-electron chi connectivity index (χ4n) is 0.834. The van der Waals surface area contributed by atoms with Gasteiger partial charge in [-0.15, -0.1) is 11.3 Å². The number of amides is 2. The summed E-state index contributed by atoms with van der Waals surface area (Å²) in [5.74, 6) is 0. The first kappa shape index (κ1) is 10.9. The summed E-state index contributed by atoms with van der Waals surface area (Å²) >= 11 is 1.38. The first-order valence-corrected chi connectivity index (χ1v) is 5.18. The Balaban J connectivity index is 2.27. The Morgan fingerprint density at radius 1 is 1.71 bits per heavy atom. The third-order valence-electron chi connectivity index (χ3n) is 1.46. The lowest BCUT2D eigenvalue weighted by Gasteiger charge is -2.03. The Labute approximate surface area is 86.2 Å². The van der Waals surface area contributed by atoms with Gasteiger partial charge in [0.25, 0.3) is 0 Å². The van der Waals surface area contributed by atoms with E-state index in [9.17, 15) is 4.79 Å². The van der Waals surface area contributed by atoms with E-state index in [0.29, 0.717) is 18.1 Å². The van der Waals surface area contributed by atoms with Crippen LogP contribution in [0, 0.1) is 6.92 Å². The van der Waals surface area contributed by atoms with Crippen LogP contribution in [0.3, 0.4) is 0 Å². The van der Waals surface area contributed by atoms with E-state index in [0.717, 1.165) is 5.69 Å². The average molecular weight is 215 g/mol. The highest BCUT2D eigenvalue weighted by Crippen LogP contribution is 2.13. The summed E-state index contributed by atoms with van der Waals surface area (Å²) < 4.78 is 0. The van der Waals surface area contributed by atoms with Gasteiger partial charge in [-0.05, 0) is 13.3 Å². The highest BCUT2D eigenvalue weighted by molar-refractivity contribution is 7.13. The number of hydrogen-bond donors (Lipinski definition) is 3. The molecule has 0 radical (unpaired) electrons. The molecule has 1 aromatic heterocycles. The normalized spacial score (nSPS) is 9.86. The molecule has 1 rings (SSSR count). The van der Waals surface area contributed by atoms with Crippen LogP contribution in [0.1, 0.15) is 12.1 Å². The minimum absolute atomic E-state index is 0.0800. The second kappa shape index (κ2) is 5.56. The smallest absolute Gasteiger partial charge is 0.321 e.